The molecule has 1 unspecified atom stereocenters. The molecule has 3 heterocycles. The van der Waals surface area contributed by atoms with Gasteiger partial charge in [0.25, 0.3) is 0 Å². The van der Waals surface area contributed by atoms with Crippen LogP contribution >= 0.6 is 0 Å². The van der Waals surface area contributed by atoms with Crippen molar-refractivity contribution < 1.29 is 9.59 Å². The molecule has 2 atom stereocenters. The topological polar surface area (TPSA) is 95.1 Å². The first kappa shape index (κ1) is 22.0. The molecule has 4 aliphatic carbocycles. The lowest BCUT2D eigenvalue weighted by Gasteiger charge is -2.43. The molecule has 0 radical (unpaired) electrons. The maximum Gasteiger partial charge on any atom is 0.226 e. The third kappa shape index (κ3) is 3.99. The number of carbonyl (C=O) groups is 2. The number of amides is 1. The largest absolute Gasteiger partial charge is 0.352 e. The van der Waals surface area contributed by atoms with Crippen molar-refractivity contribution in [3.63, 3.8) is 0 Å². The molecule has 7 rings (SSSR count). The summed E-state index contributed by atoms with van der Waals surface area (Å²) < 4.78 is 1.92. The van der Waals surface area contributed by atoms with Gasteiger partial charge in [0.05, 0.1) is 29.5 Å². The fourth-order valence-electron chi connectivity index (χ4n) is 6.16. The summed E-state index contributed by atoms with van der Waals surface area (Å²) in [5, 5.41) is 14.7. The number of hydrogen-bond donors (Lipinski definition) is 0. The maximum atomic E-state index is 13.0. The quantitative estimate of drug-likeness (QED) is 0.619. The molecule has 4 saturated carbocycles. The van der Waals surface area contributed by atoms with Crippen molar-refractivity contribution in [1.82, 2.24) is 19.7 Å². The molecule has 0 N–H and O–H groups in total. The molecule has 8 nitrogen and oxygen atoms in total. The van der Waals surface area contributed by atoms with Crippen LogP contribution in [0.4, 0.5) is 5.82 Å². The molecule has 0 bridgehead atoms. The Bertz CT molecular complexity index is 1270. The highest BCUT2D eigenvalue weighted by molar-refractivity contribution is 5.82. The Morgan fingerprint density at radius 3 is 2.58 bits per heavy atom. The van der Waals surface area contributed by atoms with Crippen molar-refractivity contribution in [2.24, 2.45) is 11.8 Å². The van der Waals surface area contributed by atoms with Crippen molar-refractivity contribution in [1.29, 1.82) is 5.26 Å². The summed E-state index contributed by atoms with van der Waals surface area (Å²) >= 11 is 0. The summed E-state index contributed by atoms with van der Waals surface area (Å²) in [6.45, 7) is 2.21. The normalized spacial score (nSPS) is 26.4. The number of anilines is 1. The number of Topliss-reactive ketones (excluding diaryl/α,β-unsaturated/α-hetero) is 1. The summed E-state index contributed by atoms with van der Waals surface area (Å²) in [5.74, 6) is 2.67. The van der Waals surface area contributed by atoms with E-state index in [2.05, 4.69) is 21.0 Å². The van der Waals surface area contributed by atoms with Crippen LogP contribution in [-0.4, -0.2) is 57.0 Å². The van der Waals surface area contributed by atoms with E-state index >= 15 is 0 Å². The lowest BCUT2D eigenvalue weighted by atomic mass is 10.0. The van der Waals surface area contributed by atoms with E-state index < -0.39 is 0 Å². The first-order valence-electron chi connectivity index (χ1n) is 13.7. The number of pyridine rings is 1. The van der Waals surface area contributed by atoms with E-state index in [1.165, 1.54) is 12.8 Å². The maximum absolute atomic E-state index is 13.0. The van der Waals surface area contributed by atoms with E-state index in [9.17, 15) is 14.9 Å². The number of ketones is 1. The highest BCUT2D eigenvalue weighted by atomic mass is 16.2. The van der Waals surface area contributed by atoms with Gasteiger partial charge in [-0.2, -0.15) is 10.4 Å². The van der Waals surface area contributed by atoms with Gasteiger partial charge in [-0.3, -0.25) is 14.3 Å². The van der Waals surface area contributed by atoms with Crippen LogP contribution in [0.25, 0.3) is 11.1 Å². The zero-order valence-corrected chi connectivity index (χ0v) is 20.6. The van der Waals surface area contributed by atoms with Gasteiger partial charge < -0.3 is 9.80 Å². The molecule has 36 heavy (non-hydrogen) atoms. The SMILES string of the molecule is N#Cc1cc(-c2cnn(C3CCC(=O)C3)c2)c(C2CC2)nc1N1CCN(C(=O)C2CC2)[C@H](C2CC2)C1. The van der Waals surface area contributed by atoms with Crippen molar-refractivity contribution in [3.8, 4) is 17.2 Å². The van der Waals surface area contributed by atoms with Crippen molar-refractivity contribution in [3.05, 3.63) is 29.7 Å². The highest BCUT2D eigenvalue weighted by Crippen LogP contribution is 2.46. The Morgan fingerprint density at radius 1 is 1.08 bits per heavy atom. The van der Waals surface area contributed by atoms with Crippen LogP contribution in [0.15, 0.2) is 18.5 Å². The van der Waals surface area contributed by atoms with Crippen LogP contribution in [0.1, 0.15) is 81.0 Å². The van der Waals surface area contributed by atoms with Gasteiger partial charge in [0.2, 0.25) is 5.91 Å². The molecule has 8 heteroatoms. The molecular weight excluding hydrogens is 452 g/mol. The number of hydrogen-bond acceptors (Lipinski definition) is 6. The second kappa shape index (κ2) is 8.43. The second-order valence-electron chi connectivity index (χ2n) is 11.5. The summed E-state index contributed by atoms with van der Waals surface area (Å²) in [4.78, 5) is 34.3. The molecule has 2 aromatic heterocycles. The third-order valence-electron chi connectivity index (χ3n) is 8.72. The molecule has 5 aliphatic rings. The number of nitriles is 1. The molecule has 186 valence electrons. The third-order valence-corrected chi connectivity index (χ3v) is 8.72. The molecular formula is C28H32N6O2. The van der Waals surface area contributed by atoms with Gasteiger partial charge in [0.1, 0.15) is 17.7 Å². The van der Waals surface area contributed by atoms with Gasteiger partial charge in [-0.1, -0.05) is 0 Å². The first-order valence-corrected chi connectivity index (χ1v) is 13.7. The molecule has 2 aromatic rings. The zero-order chi connectivity index (χ0) is 24.4. The fraction of sp³-hybridized carbons (Fsp3) is 0.607. The number of rotatable bonds is 6. The molecule has 1 saturated heterocycles. The molecule has 1 amide bonds. The first-order chi connectivity index (χ1) is 17.6. The average Bonchev–Trinajstić information content (AvgIpc) is 3.78. The van der Waals surface area contributed by atoms with Gasteiger partial charge in [-0.25, -0.2) is 4.98 Å². The molecule has 0 spiro atoms. The minimum Gasteiger partial charge on any atom is -0.352 e. The van der Waals surface area contributed by atoms with E-state index in [4.69, 9.17) is 4.98 Å². The van der Waals surface area contributed by atoms with E-state index in [1.807, 2.05) is 23.1 Å². The van der Waals surface area contributed by atoms with Gasteiger partial charge in [0, 0.05) is 61.6 Å². The van der Waals surface area contributed by atoms with Crippen LogP contribution in [0, 0.1) is 23.2 Å². The Morgan fingerprint density at radius 2 is 1.92 bits per heavy atom. The van der Waals surface area contributed by atoms with E-state index in [0.29, 0.717) is 41.9 Å². The summed E-state index contributed by atoms with van der Waals surface area (Å²) in [7, 11) is 0. The van der Waals surface area contributed by atoms with Crippen molar-refractivity contribution in [2.75, 3.05) is 24.5 Å². The Kier molecular flexibility index (Phi) is 5.16. The minimum absolute atomic E-state index is 0.132. The van der Waals surface area contributed by atoms with Crippen LogP contribution in [0.2, 0.25) is 0 Å². The number of aromatic nitrogens is 3. The Hall–Kier alpha value is -3.21. The Balaban J connectivity index is 1.20. The second-order valence-corrected chi connectivity index (χ2v) is 11.5. The summed E-state index contributed by atoms with van der Waals surface area (Å²) in [6, 6.07) is 4.79. The average molecular weight is 485 g/mol. The highest BCUT2D eigenvalue weighted by Gasteiger charge is 2.45. The van der Waals surface area contributed by atoms with Crippen LogP contribution in [0.5, 0.6) is 0 Å². The van der Waals surface area contributed by atoms with Crippen LogP contribution in [-0.2, 0) is 9.59 Å². The fourth-order valence-corrected chi connectivity index (χ4v) is 6.16. The van der Waals surface area contributed by atoms with Gasteiger partial charge in [0.15, 0.2) is 0 Å². The summed E-state index contributed by atoms with van der Waals surface area (Å²) in [5.41, 5.74) is 3.62. The predicted molar refractivity (Wildman–Crippen MR) is 133 cm³/mol. The monoisotopic (exact) mass is 484 g/mol. The van der Waals surface area contributed by atoms with Crippen molar-refractivity contribution >= 4 is 17.5 Å². The van der Waals surface area contributed by atoms with Gasteiger partial charge in [-0.15, -0.1) is 0 Å². The molecule has 1 aliphatic heterocycles. The number of piperazine rings is 1. The van der Waals surface area contributed by atoms with Crippen LogP contribution in [0.3, 0.4) is 0 Å². The predicted octanol–water partition coefficient (Wildman–Crippen LogP) is 3.83. The smallest absolute Gasteiger partial charge is 0.226 e. The van der Waals surface area contributed by atoms with Crippen molar-refractivity contribution in [2.45, 2.75) is 75.8 Å². The van der Waals surface area contributed by atoms with Crippen LogP contribution < -0.4 is 4.90 Å². The molecule has 5 fully saturated rings. The lowest BCUT2D eigenvalue weighted by Crippen LogP contribution is -2.57. The van der Waals surface area contributed by atoms with Gasteiger partial charge in [-0.05, 0) is 56.9 Å². The summed E-state index contributed by atoms with van der Waals surface area (Å²) in [6.07, 6.45) is 12.6. The van der Waals surface area contributed by atoms with Gasteiger partial charge >= 0.3 is 0 Å². The Labute approximate surface area is 211 Å². The number of nitrogens with zero attached hydrogens (tertiary/aromatic N) is 6. The minimum atomic E-state index is 0.132. The van der Waals surface area contributed by atoms with E-state index in [0.717, 1.165) is 74.4 Å². The van der Waals surface area contributed by atoms with E-state index in [1.54, 1.807) is 0 Å². The molecule has 0 aromatic carbocycles. The number of carbonyl (C=O) groups excluding carboxylic acids is 2. The van der Waals surface area contributed by atoms with E-state index in [-0.39, 0.29) is 18.0 Å². The zero-order valence-electron chi connectivity index (χ0n) is 20.6. The lowest BCUT2D eigenvalue weighted by molar-refractivity contribution is -0.135. The standard InChI is InChI=1S/C28H32N6O2/c29-13-20-11-24(21-14-30-34(15-21)22-7-8-23(35)12-22)26(18-3-4-18)31-27(20)32-9-10-33(28(36)19-5-6-19)25(16-32)17-1-2-17/h11,14-15,17-19,22,25H,1-10,12,16H2/t22?,25-/m0/s1.